The number of hydrogen-bond donors (Lipinski definition) is 3. The summed E-state index contributed by atoms with van der Waals surface area (Å²) in [7, 11) is 0. The van der Waals surface area contributed by atoms with Crippen molar-refractivity contribution in [1.29, 1.82) is 0 Å². The fourth-order valence-corrected chi connectivity index (χ4v) is 1.38. The highest BCUT2D eigenvalue weighted by molar-refractivity contribution is 6.08. The van der Waals surface area contributed by atoms with Gasteiger partial charge in [0.1, 0.15) is 0 Å². The molecule has 15 heavy (non-hydrogen) atoms. The van der Waals surface area contributed by atoms with E-state index in [1.165, 1.54) is 18.3 Å². The van der Waals surface area contributed by atoms with Crippen LogP contribution in [0.2, 0.25) is 0 Å². The molecule has 6 nitrogen and oxygen atoms in total. The number of carbonyl (C=O) groups excluding carboxylic acids is 1. The van der Waals surface area contributed by atoms with Gasteiger partial charge in [0.05, 0.1) is 22.8 Å². The number of nitrogens with zero attached hydrogens (tertiary/aromatic N) is 1. The van der Waals surface area contributed by atoms with Crippen LogP contribution in [0.15, 0.2) is 18.3 Å². The smallest absolute Gasteiger partial charge is 0.335 e. The molecule has 1 aromatic carbocycles. The fourth-order valence-electron chi connectivity index (χ4n) is 1.38. The van der Waals surface area contributed by atoms with Gasteiger partial charge in [-0.25, -0.2) is 4.79 Å². The zero-order valence-corrected chi connectivity index (χ0v) is 7.52. The summed E-state index contributed by atoms with van der Waals surface area (Å²) in [6.07, 6.45) is 1.43. The number of aromatic nitrogens is 2. The lowest BCUT2D eigenvalue weighted by molar-refractivity contribution is 0.0697. The van der Waals surface area contributed by atoms with Gasteiger partial charge in [-0.05, 0) is 12.1 Å². The number of H-pyrrole nitrogens is 1. The fraction of sp³-hybridized carbons (Fsp3) is 0. The number of aromatic carboxylic acids is 1. The zero-order valence-electron chi connectivity index (χ0n) is 7.52. The molecule has 2 aromatic rings. The van der Waals surface area contributed by atoms with E-state index in [0.717, 1.165) is 0 Å². The molecule has 6 heteroatoms. The maximum atomic E-state index is 11.1. The number of nitrogens with one attached hydrogen (secondary N) is 1. The molecule has 0 saturated carbocycles. The first-order valence-corrected chi connectivity index (χ1v) is 4.10. The second-order valence-corrected chi connectivity index (χ2v) is 3.02. The van der Waals surface area contributed by atoms with Gasteiger partial charge in [-0.15, -0.1) is 0 Å². The molecule has 0 atom stereocenters. The summed E-state index contributed by atoms with van der Waals surface area (Å²) in [5.74, 6) is -1.79. The van der Waals surface area contributed by atoms with Crippen LogP contribution in [-0.4, -0.2) is 27.2 Å². The topological polar surface area (TPSA) is 109 Å². The highest BCUT2D eigenvalue weighted by atomic mass is 16.4. The van der Waals surface area contributed by atoms with Crippen molar-refractivity contribution in [1.82, 2.24) is 10.2 Å². The molecule has 0 radical (unpaired) electrons. The Labute approximate surface area is 83.7 Å². The van der Waals surface area contributed by atoms with Crippen LogP contribution in [0.4, 0.5) is 0 Å². The van der Waals surface area contributed by atoms with Crippen molar-refractivity contribution < 1.29 is 14.7 Å². The van der Waals surface area contributed by atoms with Crippen molar-refractivity contribution in [3.8, 4) is 0 Å². The first-order chi connectivity index (χ1) is 7.09. The van der Waals surface area contributed by atoms with Crippen LogP contribution in [0.3, 0.4) is 0 Å². The van der Waals surface area contributed by atoms with Gasteiger partial charge in [0.15, 0.2) is 0 Å². The first kappa shape index (κ1) is 9.20. The lowest BCUT2D eigenvalue weighted by atomic mass is 10.1. The predicted molar refractivity (Wildman–Crippen MR) is 51.6 cm³/mol. The van der Waals surface area contributed by atoms with Crippen molar-refractivity contribution in [2.24, 2.45) is 5.73 Å². The van der Waals surface area contributed by atoms with Crippen LogP contribution in [-0.2, 0) is 0 Å². The van der Waals surface area contributed by atoms with E-state index < -0.39 is 11.9 Å². The van der Waals surface area contributed by atoms with Crippen molar-refractivity contribution in [2.45, 2.75) is 0 Å². The molecule has 0 spiro atoms. The Morgan fingerprint density at radius 1 is 1.40 bits per heavy atom. The van der Waals surface area contributed by atoms with E-state index in [2.05, 4.69) is 10.2 Å². The van der Waals surface area contributed by atoms with E-state index in [9.17, 15) is 9.59 Å². The molecule has 2 rings (SSSR count). The minimum atomic E-state index is -1.12. The summed E-state index contributed by atoms with van der Waals surface area (Å²) in [5.41, 5.74) is 5.76. The Bertz CT molecular complexity index is 559. The van der Waals surface area contributed by atoms with Gasteiger partial charge in [0, 0.05) is 5.39 Å². The van der Waals surface area contributed by atoms with Crippen molar-refractivity contribution in [3.05, 3.63) is 29.5 Å². The molecule has 0 aliphatic rings. The van der Waals surface area contributed by atoms with E-state index in [0.29, 0.717) is 10.9 Å². The third kappa shape index (κ3) is 1.41. The molecule has 0 fully saturated rings. The number of primary amides is 1. The average Bonchev–Trinajstić information content (AvgIpc) is 2.62. The molecule has 1 heterocycles. The molecule has 0 bridgehead atoms. The van der Waals surface area contributed by atoms with Crippen molar-refractivity contribution in [2.75, 3.05) is 0 Å². The van der Waals surface area contributed by atoms with E-state index in [1.54, 1.807) is 0 Å². The number of carbonyl (C=O) groups is 2. The van der Waals surface area contributed by atoms with Crippen LogP contribution in [0, 0.1) is 0 Å². The van der Waals surface area contributed by atoms with E-state index >= 15 is 0 Å². The summed E-state index contributed by atoms with van der Waals surface area (Å²) in [5, 5.41) is 15.6. The molecular weight excluding hydrogens is 198 g/mol. The van der Waals surface area contributed by atoms with Gasteiger partial charge in [-0.2, -0.15) is 5.10 Å². The number of carboxylic acids is 1. The molecule has 4 N–H and O–H groups in total. The maximum absolute atomic E-state index is 11.1. The Hall–Kier alpha value is -2.37. The summed E-state index contributed by atoms with van der Waals surface area (Å²) < 4.78 is 0. The van der Waals surface area contributed by atoms with Gasteiger partial charge in [-0.1, -0.05) is 0 Å². The van der Waals surface area contributed by atoms with E-state index in [-0.39, 0.29) is 11.1 Å². The van der Waals surface area contributed by atoms with E-state index in [1.807, 2.05) is 0 Å². The average molecular weight is 205 g/mol. The first-order valence-electron chi connectivity index (χ1n) is 4.10. The minimum absolute atomic E-state index is 0.000509. The highest BCUT2D eigenvalue weighted by Gasteiger charge is 2.13. The van der Waals surface area contributed by atoms with Crippen LogP contribution < -0.4 is 5.73 Å². The normalized spacial score (nSPS) is 10.4. The molecule has 0 unspecified atom stereocenters. The number of nitrogens with two attached hydrogens (primary N) is 1. The third-order valence-corrected chi connectivity index (χ3v) is 2.07. The SMILES string of the molecule is NC(=O)c1cc(C(=O)O)cc2[nH]ncc12. The lowest BCUT2D eigenvalue weighted by Gasteiger charge is -2.00. The Kier molecular flexibility index (Phi) is 1.89. The lowest BCUT2D eigenvalue weighted by Crippen LogP contribution is -2.12. The number of hydrogen-bond acceptors (Lipinski definition) is 3. The van der Waals surface area contributed by atoms with Crippen LogP contribution >= 0.6 is 0 Å². The molecule has 0 saturated heterocycles. The summed E-state index contributed by atoms with van der Waals surface area (Å²) in [6, 6.07) is 2.64. The number of rotatable bonds is 2. The van der Waals surface area contributed by atoms with Gasteiger partial charge in [0.25, 0.3) is 0 Å². The zero-order chi connectivity index (χ0) is 11.0. The molecule has 0 aliphatic carbocycles. The van der Waals surface area contributed by atoms with Crippen molar-refractivity contribution >= 4 is 22.8 Å². The number of amides is 1. The van der Waals surface area contributed by atoms with Gasteiger partial charge in [0.2, 0.25) is 5.91 Å². The van der Waals surface area contributed by atoms with Gasteiger partial charge < -0.3 is 10.8 Å². The van der Waals surface area contributed by atoms with Crippen molar-refractivity contribution in [3.63, 3.8) is 0 Å². The molecule has 1 amide bonds. The maximum Gasteiger partial charge on any atom is 0.335 e. The van der Waals surface area contributed by atoms with Crippen LogP contribution in [0.5, 0.6) is 0 Å². The standard InChI is InChI=1S/C9H7N3O3/c10-8(13)5-1-4(9(14)15)2-7-6(5)3-11-12-7/h1-3H,(H2,10,13)(H,11,12)(H,14,15). The monoisotopic (exact) mass is 205 g/mol. The molecule has 0 aliphatic heterocycles. The number of fused-ring (bicyclic) bond motifs is 1. The second-order valence-electron chi connectivity index (χ2n) is 3.02. The van der Waals surface area contributed by atoms with Crippen LogP contribution in [0.1, 0.15) is 20.7 Å². The number of aromatic amines is 1. The second kappa shape index (κ2) is 3.09. The summed E-state index contributed by atoms with van der Waals surface area (Å²) >= 11 is 0. The Morgan fingerprint density at radius 3 is 2.73 bits per heavy atom. The third-order valence-electron chi connectivity index (χ3n) is 2.07. The number of carboxylic acid groups (broad SMARTS) is 1. The molecular formula is C9H7N3O3. The molecule has 76 valence electrons. The summed E-state index contributed by atoms with van der Waals surface area (Å²) in [4.78, 5) is 21.8. The molecule has 1 aromatic heterocycles. The summed E-state index contributed by atoms with van der Waals surface area (Å²) in [6.45, 7) is 0. The minimum Gasteiger partial charge on any atom is -0.478 e. The Balaban J connectivity index is 2.80. The van der Waals surface area contributed by atoms with Gasteiger partial charge >= 0.3 is 5.97 Å². The van der Waals surface area contributed by atoms with Crippen LogP contribution in [0.25, 0.3) is 10.9 Å². The predicted octanol–water partition coefficient (Wildman–Crippen LogP) is 0.360. The quantitative estimate of drug-likeness (QED) is 0.657. The van der Waals surface area contributed by atoms with Gasteiger partial charge in [-0.3, -0.25) is 9.89 Å². The van der Waals surface area contributed by atoms with E-state index in [4.69, 9.17) is 10.8 Å². The Morgan fingerprint density at radius 2 is 2.13 bits per heavy atom. The number of benzene rings is 1. The highest BCUT2D eigenvalue weighted by Crippen LogP contribution is 2.18. The largest absolute Gasteiger partial charge is 0.478 e.